The Labute approximate surface area is 87.5 Å². The van der Waals surface area contributed by atoms with Crippen molar-refractivity contribution in [1.29, 1.82) is 0 Å². The molecule has 1 rings (SSSR count). The van der Waals surface area contributed by atoms with Crippen LogP contribution in [0.2, 0.25) is 0 Å². The average Bonchev–Trinajstić information content (AvgIpc) is 2.19. The highest BCUT2D eigenvalue weighted by Gasteiger charge is 2.11. The van der Waals surface area contributed by atoms with Gasteiger partial charge in [-0.05, 0) is 18.2 Å². The van der Waals surface area contributed by atoms with Gasteiger partial charge in [0, 0.05) is 13.3 Å². The molecule has 0 aliphatic rings. The molecule has 80 valence electrons. The molecule has 15 heavy (non-hydrogen) atoms. The first-order chi connectivity index (χ1) is 7.04. The summed E-state index contributed by atoms with van der Waals surface area (Å²) in [5.41, 5.74) is 0.177. The van der Waals surface area contributed by atoms with Gasteiger partial charge in [0.1, 0.15) is 11.5 Å². The highest BCUT2D eigenvalue weighted by Crippen LogP contribution is 2.24. The summed E-state index contributed by atoms with van der Waals surface area (Å²) in [4.78, 5) is 22.1. The van der Waals surface area contributed by atoms with Crippen LogP contribution in [0.15, 0.2) is 18.2 Å². The minimum atomic E-state index is -0.462. The first-order valence-corrected chi connectivity index (χ1v) is 4.59. The van der Waals surface area contributed by atoms with Crippen LogP contribution in [0.5, 0.6) is 11.5 Å². The van der Waals surface area contributed by atoms with E-state index in [0.29, 0.717) is 0 Å². The van der Waals surface area contributed by atoms with Crippen LogP contribution in [0, 0.1) is 0 Å². The van der Waals surface area contributed by atoms with Crippen LogP contribution in [0.25, 0.3) is 0 Å². The maximum atomic E-state index is 11.4. The predicted octanol–water partition coefficient (Wildman–Crippen LogP) is 1.91. The molecule has 0 heterocycles. The Kier molecular flexibility index (Phi) is 3.44. The van der Waals surface area contributed by atoms with E-state index in [2.05, 4.69) is 0 Å². The van der Waals surface area contributed by atoms with E-state index in [9.17, 15) is 14.7 Å². The van der Waals surface area contributed by atoms with E-state index >= 15 is 0 Å². The fourth-order valence-electron chi connectivity index (χ4n) is 1.16. The number of esters is 1. The van der Waals surface area contributed by atoms with Gasteiger partial charge in [-0.3, -0.25) is 9.59 Å². The minimum absolute atomic E-state index is 0.0993. The topological polar surface area (TPSA) is 63.6 Å². The monoisotopic (exact) mass is 208 g/mol. The van der Waals surface area contributed by atoms with Crippen molar-refractivity contribution in [2.24, 2.45) is 0 Å². The lowest BCUT2D eigenvalue weighted by Gasteiger charge is -2.05. The predicted molar refractivity (Wildman–Crippen MR) is 54.0 cm³/mol. The van der Waals surface area contributed by atoms with Gasteiger partial charge in [-0.25, -0.2) is 0 Å². The number of phenols is 1. The van der Waals surface area contributed by atoms with E-state index in [1.165, 1.54) is 25.1 Å². The quantitative estimate of drug-likeness (QED) is 0.468. The van der Waals surface area contributed by atoms with Crippen LogP contribution in [-0.4, -0.2) is 16.9 Å². The van der Waals surface area contributed by atoms with Gasteiger partial charge in [0.05, 0.1) is 5.56 Å². The van der Waals surface area contributed by atoms with E-state index in [1.807, 2.05) is 0 Å². The van der Waals surface area contributed by atoms with Crippen molar-refractivity contribution >= 4 is 11.8 Å². The third kappa shape index (κ3) is 2.80. The normalized spacial score (nSPS) is 9.73. The smallest absolute Gasteiger partial charge is 0.308 e. The zero-order chi connectivity index (χ0) is 11.4. The first-order valence-electron chi connectivity index (χ1n) is 4.59. The average molecular weight is 208 g/mol. The number of hydrogen-bond donors (Lipinski definition) is 1. The molecule has 0 bridgehead atoms. The van der Waals surface area contributed by atoms with Crippen molar-refractivity contribution in [2.45, 2.75) is 20.3 Å². The number of aromatic hydroxyl groups is 1. The standard InChI is InChI=1S/C11H12O4/c1-3-10(13)9-6-8(15-7(2)12)4-5-11(9)14/h4-6,14H,3H2,1-2H3. The van der Waals surface area contributed by atoms with Crippen LogP contribution in [0.4, 0.5) is 0 Å². The summed E-state index contributed by atoms with van der Waals surface area (Å²) in [6.07, 6.45) is 0.289. The van der Waals surface area contributed by atoms with Crippen molar-refractivity contribution in [1.82, 2.24) is 0 Å². The summed E-state index contributed by atoms with van der Waals surface area (Å²) in [5.74, 6) is -0.494. The minimum Gasteiger partial charge on any atom is -0.507 e. The summed E-state index contributed by atoms with van der Waals surface area (Å²) in [5, 5.41) is 9.41. The molecule has 0 spiro atoms. The third-order valence-electron chi connectivity index (χ3n) is 1.85. The maximum Gasteiger partial charge on any atom is 0.308 e. The Morgan fingerprint density at radius 3 is 2.60 bits per heavy atom. The Bertz CT molecular complexity index is 396. The Morgan fingerprint density at radius 2 is 2.07 bits per heavy atom. The fourth-order valence-corrected chi connectivity index (χ4v) is 1.16. The third-order valence-corrected chi connectivity index (χ3v) is 1.85. The fraction of sp³-hybridized carbons (Fsp3) is 0.273. The molecule has 0 aliphatic carbocycles. The van der Waals surface area contributed by atoms with Gasteiger partial charge >= 0.3 is 5.97 Å². The Morgan fingerprint density at radius 1 is 1.40 bits per heavy atom. The second-order valence-electron chi connectivity index (χ2n) is 3.05. The highest BCUT2D eigenvalue weighted by atomic mass is 16.5. The molecule has 0 aromatic heterocycles. The van der Waals surface area contributed by atoms with Gasteiger partial charge in [0.15, 0.2) is 5.78 Å². The number of carbonyl (C=O) groups excluding carboxylic acids is 2. The highest BCUT2D eigenvalue weighted by molar-refractivity contribution is 5.98. The molecule has 1 N–H and O–H groups in total. The van der Waals surface area contributed by atoms with E-state index < -0.39 is 5.97 Å². The molecule has 0 saturated carbocycles. The molecule has 0 unspecified atom stereocenters. The number of hydrogen-bond acceptors (Lipinski definition) is 4. The van der Waals surface area contributed by atoms with Gasteiger partial charge in [-0.15, -0.1) is 0 Å². The molecular weight excluding hydrogens is 196 g/mol. The largest absolute Gasteiger partial charge is 0.507 e. The van der Waals surface area contributed by atoms with Gasteiger partial charge < -0.3 is 9.84 Å². The van der Waals surface area contributed by atoms with Crippen molar-refractivity contribution in [3.8, 4) is 11.5 Å². The van der Waals surface area contributed by atoms with Crippen LogP contribution in [-0.2, 0) is 4.79 Å². The van der Waals surface area contributed by atoms with Crippen molar-refractivity contribution in [3.05, 3.63) is 23.8 Å². The van der Waals surface area contributed by atoms with Gasteiger partial charge in [0.25, 0.3) is 0 Å². The van der Waals surface area contributed by atoms with E-state index in [1.54, 1.807) is 6.92 Å². The summed E-state index contributed by atoms with van der Waals surface area (Å²) >= 11 is 0. The molecule has 4 nitrogen and oxygen atoms in total. The number of Topliss-reactive ketones (excluding diaryl/α,β-unsaturated/α-hetero) is 1. The van der Waals surface area contributed by atoms with Gasteiger partial charge in [-0.1, -0.05) is 6.92 Å². The lowest BCUT2D eigenvalue weighted by molar-refractivity contribution is -0.131. The van der Waals surface area contributed by atoms with E-state index in [-0.39, 0.29) is 29.3 Å². The van der Waals surface area contributed by atoms with Gasteiger partial charge in [-0.2, -0.15) is 0 Å². The maximum absolute atomic E-state index is 11.4. The van der Waals surface area contributed by atoms with Crippen LogP contribution >= 0.6 is 0 Å². The summed E-state index contributed by atoms with van der Waals surface area (Å²) in [6.45, 7) is 2.97. The van der Waals surface area contributed by atoms with Crippen LogP contribution < -0.4 is 4.74 Å². The molecule has 0 atom stereocenters. The van der Waals surface area contributed by atoms with Crippen LogP contribution in [0.3, 0.4) is 0 Å². The Hall–Kier alpha value is -1.84. The number of phenolic OH excluding ortho intramolecular Hbond substituents is 1. The molecule has 0 aliphatic heterocycles. The number of ether oxygens (including phenoxy) is 1. The molecular formula is C11H12O4. The summed E-state index contributed by atoms with van der Waals surface area (Å²) in [7, 11) is 0. The molecule has 0 amide bonds. The summed E-state index contributed by atoms with van der Waals surface area (Å²) in [6, 6.07) is 4.13. The molecule has 1 aromatic carbocycles. The summed E-state index contributed by atoms with van der Waals surface area (Å²) < 4.78 is 4.80. The lowest BCUT2D eigenvalue weighted by atomic mass is 10.1. The van der Waals surface area contributed by atoms with Gasteiger partial charge in [0.2, 0.25) is 0 Å². The van der Waals surface area contributed by atoms with E-state index in [0.717, 1.165) is 0 Å². The molecule has 0 saturated heterocycles. The number of ketones is 1. The van der Waals surface area contributed by atoms with Crippen molar-refractivity contribution < 1.29 is 19.4 Å². The SMILES string of the molecule is CCC(=O)c1cc(OC(C)=O)ccc1O. The van der Waals surface area contributed by atoms with Crippen LogP contribution in [0.1, 0.15) is 30.6 Å². The molecule has 0 fully saturated rings. The van der Waals surface area contributed by atoms with E-state index in [4.69, 9.17) is 4.74 Å². The second kappa shape index (κ2) is 4.59. The lowest BCUT2D eigenvalue weighted by Crippen LogP contribution is -2.03. The Balaban J connectivity index is 3.05. The number of carbonyl (C=O) groups is 2. The second-order valence-corrected chi connectivity index (χ2v) is 3.05. The molecule has 0 radical (unpaired) electrons. The molecule has 1 aromatic rings. The first kappa shape index (κ1) is 11.2. The molecule has 4 heteroatoms. The van der Waals surface area contributed by atoms with Crippen molar-refractivity contribution in [2.75, 3.05) is 0 Å². The number of rotatable bonds is 3. The zero-order valence-electron chi connectivity index (χ0n) is 8.61. The van der Waals surface area contributed by atoms with Crippen molar-refractivity contribution in [3.63, 3.8) is 0 Å². The zero-order valence-corrected chi connectivity index (χ0v) is 8.61. The number of benzene rings is 1.